The Morgan fingerprint density at radius 3 is 2.33 bits per heavy atom. The minimum absolute atomic E-state index is 0.232. The molecule has 8 heteroatoms. The van der Waals surface area contributed by atoms with Gasteiger partial charge in [0.25, 0.3) is 0 Å². The third-order valence-electron chi connectivity index (χ3n) is 4.56. The van der Waals surface area contributed by atoms with Crippen molar-refractivity contribution in [3.05, 3.63) is 77.1 Å². The Labute approximate surface area is 173 Å². The molecule has 0 spiro atoms. The molecule has 0 aliphatic heterocycles. The number of urea groups is 1. The topological polar surface area (TPSA) is 105 Å². The van der Waals surface area contributed by atoms with E-state index >= 15 is 0 Å². The molecular formula is C22H22N4O4. The second kappa shape index (κ2) is 8.95. The van der Waals surface area contributed by atoms with Gasteiger partial charge in [0.2, 0.25) is 0 Å². The lowest BCUT2D eigenvalue weighted by Crippen LogP contribution is -2.24. The third kappa shape index (κ3) is 4.67. The lowest BCUT2D eigenvalue weighted by molar-refractivity contribution is 0.0697. The van der Waals surface area contributed by atoms with Gasteiger partial charge in [-0.3, -0.25) is 0 Å². The second-order valence-corrected chi connectivity index (χ2v) is 6.57. The first-order valence-corrected chi connectivity index (χ1v) is 9.16. The quantitative estimate of drug-likeness (QED) is 0.426. The van der Waals surface area contributed by atoms with Gasteiger partial charge >= 0.3 is 12.0 Å². The van der Waals surface area contributed by atoms with E-state index in [2.05, 4.69) is 15.8 Å². The fourth-order valence-corrected chi connectivity index (χ4v) is 3.06. The van der Waals surface area contributed by atoms with Crippen molar-refractivity contribution in [2.75, 3.05) is 12.4 Å². The Kier molecular flexibility index (Phi) is 6.17. The van der Waals surface area contributed by atoms with Crippen LogP contribution in [0.1, 0.15) is 27.3 Å². The number of aromatic carboxylic acids is 1. The zero-order valence-electron chi connectivity index (χ0n) is 16.8. The number of hydrogen-bond donors (Lipinski definition) is 3. The van der Waals surface area contributed by atoms with Gasteiger partial charge in [0, 0.05) is 28.3 Å². The highest BCUT2D eigenvalue weighted by molar-refractivity contribution is 5.91. The average Bonchev–Trinajstić information content (AvgIpc) is 3.02. The number of hydrazone groups is 1. The van der Waals surface area contributed by atoms with Gasteiger partial charge < -0.3 is 19.7 Å². The van der Waals surface area contributed by atoms with Gasteiger partial charge in [-0.05, 0) is 68.4 Å². The molecule has 0 fully saturated rings. The van der Waals surface area contributed by atoms with Crippen molar-refractivity contribution in [2.24, 2.45) is 5.10 Å². The summed E-state index contributed by atoms with van der Waals surface area (Å²) in [7, 11) is 1.58. The van der Waals surface area contributed by atoms with E-state index < -0.39 is 12.0 Å². The molecule has 3 aromatic rings. The van der Waals surface area contributed by atoms with E-state index in [-0.39, 0.29) is 5.56 Å². The van der Waals surface area contributed by atoms with Crippen molar-refractivity contribution in [1.82, 2.24) is 9.99 Å². The summed E-state index contributed by atoms with van der Waals surface area (Å²) in [5, 5.41) is 15.7. The number of ether oxygens (including phenoxy) is 1. The number of nitrogens with zero attached hydrogens (tertiary/aromatic N) is 2. The molecule has 3 rings (SSSR count). The summed E-state index contributed by atoms with van der Waals surface area (Å²) < 4.78 is 7.07. The summed E-state index contributed by atoms with van der Waals surface area (Å²) >= 11 is 0. The number of aromatic nitrogens is 1. The Morgan fingerprint density at radius 2 is 1.73 bits per heavy atom. The predicted molar refractivity (Wildman–Crippen MR) is 115 cm³/mol. The molecule has 0 saturated carbocycles. The minimum Gasteiger partial charge on any atom is -0.497 e. The number of rotatable bonds is 6. The van der Waals surface area contributed by atoms with Crippen molar-refractivity contribution in [1.29, 1.82) is 0 Å². The molecular weight excluding hydrogens is 384 g/mol. The lowest BCUT2D eigenvalue weighted by Gasteiger charge is -2.10. The standard InChI is InChI=1S/C22H22N4O4/c1-14-12-17(15(2)26(14)19-8-4-16(5-9-19)21(27)28)13-23-25-22(29)24-18-6-10-20(30-3)11-7-18/h4-13H,1-3H3,(H,27,28)(H2,24,25,29)/b23-13+. The molecule has 0 radical (unpaired) electrons. The van der Waals surface area contributed by atoms with Crippen LogP contribution >= 0.6 is 0 Å². The Balaban J connectivity index is 1.67. The summed E-state index contributed by atoms with van der Waals surface area (Å²) in [4.78, 5) is 23.0. The number of hydrogen-bond acceptors (Lipinski definition) is 4. The summed E-state index contributed by atoms with van der Waals surface area (Å²) in [5.74, 6) is -0.263. The van der Waals surface area contributed by atoms with Gasteiger partial charge in [0.1, 0.15) is 5.75 Å². The average molecular weight is 406 g/mol. The van der Waals surface area contributed by atoms with Gasteiger partial charge in [0.15, 0.2) is 0 Å². The molecule has 0 aliphatic carbocycles. The number of carbonyl (C=O) groups excluding carboxylic acids is 1. The Morgan fingerprint density at radius 1 is 1.07 bits per heavy atom. The molecule has 1 aromatic heterocycles. The van der Waals surface area contributed by atoms with E-state index in [1.807, 2.05) is 24.5 Å². The van der Waals surface area contributed by atoms with Gasteiger partial charge in [-0.2, -0.15) is 5.10 Å². The first-order valence-electron chi connectivity index (χ1n) is 9.16. The minimum atomic E-state index is -0.964. The molecule has 0 atom stereocenters. The van der Waals surface area contributed by atoms with Crippen LogP contribution in [-0.2, 0) is 0 Å². The van der Waals surface area contributed by atoms with Crippen molar-refractivity contribution >= 4 is 23.9 Å². The van der Waals surface area contributed by atoms with Gasteiger partial charge in [-0.25, -0.2) is 15.0 Å². The number of anilines is 1. The first-order chi connectivity index (χ1) is 14.4. The molecule has 3 N–H and O–H groups in total. The third-order valence-corrected chi connectivity index (χ3v) is 4.56. The maximum Gasteiger partial charge on any atom is 0.339 e. The molecule has 2 amide bonds. The van der Waals surface area contributed by atoms with Crippen molar-refractivity contribution in [3.8, 4) is 11.4 Å². The fourth-order valence-electron chi connectivity index (χ4n) is 3.06. The molecule has 30 heavy (non-hydrogen) atoms. The summed E-state index contributed by atoms with van der Waals surface area (Å²) in [6.45, 7) is 3.87. The van der Waals surface area contributed by atoms with Crippen molar-refractivity contribution < 1.29 is 19.4 Å². The van der Waals surface area contributed by atoms with Crippen molar-refractivity contribution in [2.45, 2.75) is 13.8 Å². The first kappa shape index (κ1) is 20.7. The number of aryl methyl sites for hydroxylation is 1. The van der Waals surface area contributed by atoms with Crippen LogP contribution in [0.25, 0.3) is 5.69 Å². The zero-order chi connectivity index (χ0) is 21.7. The van der Waals surface area contributed by atoms with Crippen LogP contribution in [0.2, 0.25) is 0 Å². The lowest BCUT2D eigenvalue weighted by atomic mass is 10.2. The monoisotopic (exact) mass is 406 g/mol. The molecule has 8 nitrogen and oxygen atoms in total. The zero-order valence-corrected chi connectivity index (χ0v) is 16.8. The predicted octanol–water partition coefficient (Wildman–Crippen LogP) is 3.96. The number of carbonyl (C=O) groups is 2. The SMILES string of the molecule is COc1ccc(NC(=O)N/N=C/c2cc(C)n(-c3ccc(C(=O)O)cc3)c2C)cc1. The van der Waals surface area contributed by atoms with Gasteiger partial charge in [0.05, 0.1) is 18.9 Å². The van der Waals surface area contributed by atoms with Crippen LogP contribution in [0.4, 0.5) is 10.5 Å². The molecule has 0 unspecified atom stereocenters. The van der Waals surface area contributed by atoms with Crippen LogP contribution in [0, 0.1) is 13.8 Å². The molecule has 1 heterocycles. The van der Waals surface area contributed by atoms with Crippen LogP contribution in [0.5, 0.6) is 5.75 Å². The van der Waals surface area contributed by atoms with E-state index in [0.717, 1.165) is 22.6 Å². The van der Waals surface area contributed by atoms with Crippen LogP contribution < -0.4 is 15.5 Å². The van der Waals surface area contributed by atoms with E-state index in [1.54, 1.807) is 61.9 Å². The number of methoxy groups -OCH3 is 1. The van der Waals surface area contributed by atoms with E-state index in [4.69, 9.17) is 9.84 Å². The van der Waals surface area contributed by atoms with Gasteiger partial charge in [-0.1, -0.05) is 0 Å². The highest BCUT2D eigenvalue weighted by Crippen LogP contribution is 2.20. The normalized spacial score (nSPS) is 10.8. The smallest absolute Gasteiger partial charge is 0.339 e. The largest absolute Gasteiger partial charge is 0.497 e. The number of nitrogens with one attached hydrogen (secondary N) is 2. The summed E-state index contributed by atoms with van der Waals surface area (Å²) in [6, 6.07) is 15.1. The van der Waals surface area contributed by atoms with Crippen LogP contribution in [0.15, 0.2) is 59.7 Å². The fraction of sp³-hybridized carbons (Fsp3) is 0.136. The van der Waals surface area contributed by atoms with Gasteiger partial charge in [-0.15, -0.1) is 0 Å². The molecule has 0 saturated heterocycles. The molecule has 2 aromatic carbocycles. The molecule has 154 valence electrons. The van der Waals surface area contributed by atoms with E-state index in [1.165, 1.54) is 0 Å². The number of benzene rings is 2. The second-order valence-electron chi connectivity index (χ2n) is 6.57. The van der Waals surface area contributed by atoms with E-state index in [9.17, 15) is 9.59 Å². The Hall–Kier alpha value is -4.07. The summed E-state index contributed by atoms with van der Waals surface area (Å²) in [5.41, 5.74) is 6.84. The van der Waals surface area contributed by atoms with Crippen molar-refractivity contribution in [3.63, 3.8) is 0 Å². The van der Waals surface area contributed by atoms with Crippen LogP contribution in [-0.4, -0.2) is 35.0 Å². The number of amides is 2. The molecule has 0 aliphatic rings. The Bertz CT molecular complexity index is 1080. The summed E-state index contributed by atoms with van der Waals surface area (Å²) in [6.07, 6.45) is 1.57. The van der Waals surface area contributed by atoms with Crippen LogP contribution in [0.3, 0.4) is 0 Å². The maximum atomic E-state index is 12.0. The number of carboxylic acids is 1. The number of carboxylic acid groups (broad SMARTS) is 1. The highest BCUT2D eigenvalue weighted by atomic mass is 16.5. The van der Waals surface area contributed by atoms with E-state index in [0.29, 0.717) is 11.4 Å². The maximum absolute atomic E-state index is 12.0. The highest BCUT2D eigenvalue weighted by Gasteiger charge is 2.10. The molecule has 0 bridgehead atoms.